The SMILES string of the molecule is CCCCN1C(=O)C2C(C(C)C)NC3(C(=O)Nc4c(C)cc(C)cc43)C2C1=O. The minimum atomic E-state index is -1.17. The second-order valence-corrected chi connectivity index (χ2v) is 8.87. The van der Waals surface area contributed by atoms with Gasteiger partial charge >= 0.3 is 0 Å². The van der Waals surface area contributed by atoms with Crippen molar-refractivity contribution in [2.75, 3.05) is 11.9 Å². The summed E-state index contributed by atoms with van der Waals surface area (Å²) in [7, 11) is 0. The van der Waals surface area contributed by atoms with E-state index in [2.05, 4.69) is 10.6 Å². The number of nitrogens with zero attached hydrogens (tertiary/aromatic N) is 1. The Morgan fingerprint density at radius 1 is 1.14 bits per heavy atom. The Hall–Kier alpha value is -2.21. The van der Waals surface area contributed by atoms with Gasteiger partial charge in [0.05, 0.1) is 11.8 Å². The highest BCUT2D eigenvalue weighted by Crippen LogP contribution is 2.54. The van der Waals surface area contributed by atoms with Crippen LogP contribution in [-0.4, -0.2) is 35.2 Å². The molecule has 4 unspecified atom stereocenters. The summed E-state index contributed by atoms with van der Waals surface area (Å²) in [5.74, 6) is -1.61. The van der Waals surface area contributed by atoms with Crippen LogP contribution in [0.25, 0.3) is 0 Å². The molecular formula is C22H29N3O3. The van der Waals surface area contributed by atoms with E-state index < -0.39 is 17.4 Å². The van der Waals surface area contributed by atoms with E-state index in [9.17, 15) is 14.4 Å². The van der Waals surface area contributed by atoms with E-state index in [-0.39, 0.29) is 29.7 Å². The molecule has 3 heterocycles. The maximum atomic E-state index is 13.4. The Labute approximate surface area is 166 Å². The third kappa shape index (κ3) is 2.33. The highest BCUT2D eigenvalue weighted by molar-refractivity contribution is 6.15. The molecule has 3 aliphatic heterocycles. The highest BCUT2D eigenvalue weighted by Gasteiger charge is 2.70. The van der Waals surface area contributed by atoms with Crippen molar-refractivity contribution in [2.24, 2.45) is 17.8 Å². The van der Waals surface area contributed by atoms with Crippen LogP contribution in [0.3, 0.4) is 0 Å². The van der Waals surface area contributed by atoms with Crippen LogP contribution in [0.5, 0.6) is 0 Å². The monoisotopic (exact) mass is 383 g/mol. The average Bonchev–Trinajstić information content (AvgIpc) is 3.21. The summed E-state index contributed by atoms with van der Waals surface area (Å²) in [6, 6.07) is 3.80. The van der Waals surface area contributed by atoms with Crippen molar-refractivity contribution in [1.29, 1.82) is 0 Å². The number of benzene rings is 1. The molecule has 4 atom stereocenters. The van der Waals surface area contributed by atoms with E-state index in [0.717, 1.165) is 35.2 Å². The molecule has 0 saturated carbocycles. The molecule has 6 heteroatoms. The number of anilines is 1. The number of carbonyl (C=O) groups is 3. The molecule has 0 radical (unpaired) electrons. The molecule has 3 aliphatic rings. The largest absolute Gasteiger partial charge is 0.324 e. The summed E-state index contributed by atoms with van der Waals surface area (Å²) >= 11 is 0. The number of hydrogen-bond acceptors (Lipinski definition) is 4. The van der Waals surface area contributed by atoms with Crippen molar-refractivity contribution in [2.45, 2.75) is 59.0 Å². The van der Waals surface area contributed by atoms with Crippen molar-refractivity contribution in [3.05, 3.63) is 28.8 Å². The predicted molar refractivity (Wildman–Crippen MR) is 107 cm³/mol. The lowest BCUT2D eigenvalue weighted by atomic mass is 9.75. The van der Waals surface area contributed by atoms with E-state index in [1.165, 1.54) is 4.90 Å². The van der Waals surface area contributed by atoms with Crippen molar-refractivity contribution in [1.82, 2.24) is 10.2 Å². The van der Waals surface area contributed by atoms with Crippen LogP contribution in [0.15, 0.2) is 12.1 Å². The number of aryl methyl sites for hydroxylation is 2. The third-order valence-corrected chi connectivity index (χ3v) is 6.65. The van der Waals surface area contributed by atoms with Gasteiger partial charge in [-0.3, -0.25) is 24.6 Å². The maximum Gasteiger partial charge on any atom is 0.250 e. The maximum absolute atomic E-state index is 13.4. The fourth-order valence-corrected chi connectivity index (χ4v) is 5.36. The minimum Gasteiger partial charge on any atom is -0.324 e. The number of carbonyl (C=O) groups excluding carboxylic acids is 3. The standard InChI is InChI=1S/C22H29N3O3/c1-6-7-8-25-19(26)15-16(20(25)27)22(24-17(15)11(2)3)14-10-12(4)9-13(5)18(14)23-21(22)28/h9-11,15-17,24H,6-8H2,1-5H3,(H,23,28). The van der Waals surface area contributed by atoms with Gasteiger partial charge in [-0.25, -0.2) is 0 Å². The van der Waals surface area contributed by atoms with E-state index in [1.54, 1.807) is 0 Å². The van der Waals surface area contributed by atoms with Crippen LogP contribution in [-0.2, 0) is 19.9 Å². The van der Waals surface area contributed by atoms with Crippen LogP contribution in [0.2, 0.25) is 0 Å². The Balaban J connectivity index is 1.89. The van der Waals surface area contributed by atoms with Crippen molar-refractivity contribution in [3.8, 4) is 0 Å². The molecule has 0 aromatic heterocycles. The van der Waals surface area contributed by atoms with E-state index in [1.807, 2.05) is 46.8 Å². The number of imide groups is 1. The number of amides is 3. The fraction of sp³-hybridized carbons (Fsp3) is 0.591. The Bertz CT molecular complexity index is 878. The lowest BCUT2D eigenvalue weighted by molar-refractivity contribution is -0.143. The predicted octanol–water partition coefficient (Wildman–Crippen LogP) is 2.48. The molecule has 2 fully saturated rings. The smallest absolute Gasteiger partial charge is 0.250 e. The summed E-state index contributed by atoms with van der Waals surface area (Å²) in [5, 5.41) is 6.49. The molecule has 2 N–H and O–H groups in total. The first-order valence-electron chi connectivity index (χ1n) is 10.3. The lowest BCUT2D eigenvalue weighted by Crippen LogP contribution is -2.54. The van der Waals surface area contributed by atoms with E-state index in [0.29, 0.717) is 6.54 Å². The zero-order chi connectivity index (χ0) is 20.4. The molecule has 0 aliphatic carbocycles. The van der Waals surface area contributed by atoms with Crippen LogP contribution >= 0.6 is 0 Å². The average molecular weight is 383 g/mol. The molecule has 2 saturated heterocycles. The zero-order valence-corrected chi connectivity index (χ0v) is 17.3. The van der Waals surface area contributed by atoms with Crippen LogP contribution < -0.4 is 10.6 Å². The van der Waals surface area contributed by atoms with Gasteiger partial charge in [0.15, 0.2) is 0 Å². The van der Waals surface area contributed by atoms with Gasteiger partial charge in [-0.15, -0.1) is 0 Å². The summed E-state index contributed by atoms with van der Waals surface area (Å²) in [6.07, 6.45) is 1.69. The van der Waals surface area contributed by atoms with Crippen molar-refractivity contribution < 1.29 is 14.4 Å². The molecule has 28 heavy (non-hydrogen) atoms. The Kier molecular flexibility index (Phi) is 4.38. The third-order valence-electron chi connectivity index (χ3n) is 6.65. The molecule has 150 valence electrons. The second-order valence-electron chi connectivity index (χ2n) is 8.87. The number of rotatable bonds is 4. The zero-order valence-electron chi connectivity index (χ0n) is 17.3. The number of fused-ring (bicyclic) bond motifs is 4. The van der Waals surface area contributed by atoms with Gasteiger partial charge in [0.25, 0.3) is 0 Å². The van der Waals surface area contributed by atoms with E-state index in [4.69, 9.17) is 0 Å². The first kappa shape index (κ1) is 19.1. The number of nitrogens with one attached hydrogen (secondary N) is 2. The van der Waals surface area contributed by atoms with Crippen molar-refractivity contribution in [3.63, 3.8) is 0 Å². The second kappa shape index (κ2) is 6.41. The first-order valence-corrected chi connectivity index (χ1v) is 10.3. The van der Waals surface area contributed by atoms with Crippen LogP contribution in [0.4, 0.5) is 5.69 Å². The molecular weight excluding hydrogens is 354 g/mol. The van der Waals surface area contributed by atoms with Gasteiger partial charge < -0.3 is 5.32 Å². The van der Waals surface area contributed by atoms with Gasteiger partial charge in [0.2, 0.25) is 17.7 Å². The normalized spacial score (nSPS) is 31.1. The fourth-order valence-electron chi connectivity index (χ4n) is 5.36. The van der Waals surface area contributed by atoms with Gasteiger partial charge in [-0.1, -0.05) is 44.9 Å². The number of hydrogen-bond donors (Lipinski definition) is 2. The molecule has 4 rings (SSSR count). The van der Waals surface area contributed by atoms with Gasteiger partial charge in [-0.2, -0.15) is 0 Å². The van der Waals surface area contributed by atoms with Gasteiger partial charge in [0, 0.05) is 23.8 Å². The minimum absolute atomic E-state index is 0.123. The van der Waals surface area contributed by atoms with Crippen molar-refractivity contribution >= 4 is 23.4 Å². The summed E-state index contributed by atoms with van der Waals surface area (Å²) in [4.78, 5) is 41.4. The van der Waals surface area contributed by atoms with Crippen LogP contribution in [0.1, 0.15) is 50.3 Å². The molecule has 3 amide bonds. The molecule has 0 bridgehead atoms. The van der Waals surface area contributed by atoms with E-state index >= 15 is 0 Å². The molecule has 1 spiro atoms. The number of likely N-dealkylation sites (tertiary alicyclic amines) is 1. The van der Waals surface area contributed by atoms with Gasteiger partial charge in [-0.05, 0) is 31.7 Å². The molecule has 1 aromatic rings. The van der Waals surface area contributed by atoms with Gasteiger partial charge in [0.1, 0.15) is 5.54 Å². The summed E-state index contributed by atoms with van der Waals surface area (Å²) in [5.41, 5.74) is 2.44. The summed E-state index contributed by atoms with van der Waals surface area (Å²) in [6.45, 7) is 10.5. The summed E-state index contributed by atoms with van der Waals surface area (Å²) < 4.78 is 0. The Morgan fingerprint density at radius 3 is 2.50 bits per heavy atom. The first-order chi connectivity index (χ1) is 13.2. The molecule has 6 nitrogen and oxygen atoms in total. The highest BCUT2D eigenvalue weighted by atomic mass is 16.2. The quantitative estimate of drug-likeness (QED) is 0.783. The van der Waals surface area contributed by atoms with Crippen LogP contribution in [0, 0.1) is 31.6 Å². The topological polar surface area (TPSA) is 78.5 Å². The molecule has 1 aromatic carbocycles. The lowest BCUT2D eigenvalue weighted by Gasteiger charge is -2.30. The number of unbranched alkanes of at least 4 members (excludes halogenated alkanes) is 1. The Morgan fingerprint density at radius 2 is 1.86 bits per heavy atom.